The molecule has 0 aromatic carbocycles. The molecule has 144 valence electrons. The number of alkyl halides is 1. The average Bonchev–Trinajstić information content (AvgIpc) is 3.21. The molecule has 0 aliphatic heterocycles. The summed E-state index contributed by atoms with van der Waals surface area (Å²) >= 11 is 0. The molecule has 5 rings (SSSR count). The lowest BCUT2D eigenvalue weighted by Crippen LogP contribution is -2.44. The topological polar surface area (TPSA) is 98.9 Å². The summed E-state index contributed by atoms with van der Waals surface area (Å²) in [4.78, 5) is 13.7. The number of aryl methyl sites for hydroxylation is 2. The third-order valence-corrected chi connectivity index (χ3v) is 5.29. The minimum absolute atomic E-state index is 0.248. The molecule has 1 fully saturated rings. The molecule has 9 heteroatoms. The van der Waals surface area contributed by atoms with Gasteiger partial charge in [-0.1, -0.05) is 0 Å². The number of hydrogen-bond donors (Lipinski definition) is 2. The molecule has 0 saturated heterocycles. The second kappa shape index (κ2) is 6.52. The largest absolute Gasteiger partial charge is 0.350 e. The van der Waals surface area contributed by atoms with Crippen molar-refractivity contribution in [1.82, 2.24) is 29.1 Å². The van der Waals surface area contributed by atoms with Crippen molar-refractivity contribution in [2.45, 2.75) is 38.4 Å². The Morgan fingerprint density at radius 3 is 2.89 bits per heavy atom. The molecule has 1 aliphatic carbocycles. The number of hydrogen-bond acceptors (Lipinski definition) is 6. The van der Waals surface area contributed by atoms with Gasteiger partial charge in [0, 0.05) is 23.8 Å². The molecular formula is C19H21FN8. The van der Waals surface area contributed by atoms with E-state index in [9.17, 15) is 4.39 Å². The Morgan fingerprint density at radius 2 is 2.11 bits per heavy atom. The Balaban J connectivity index is 1.51. The molecule has 0 unspecified atom stereocenters. The maximum Gasteiger partial charge on any atom is 0.241 e. The monoisotopic (exact) mass is 380 g/mol. The van der Waals surface area contributed by atoms with Crippen molar-refractivity contribution >= 4 is 22.6 Å². The summed E-state index contributed by atoms with van der Waals surface area (Å²) in [5, 5.41) is 7.85. The highest BCUT2D eigenvalue weighted by Gasteiger charge is 2.26. The highest BCUT2D eigenvalue weighted by Crippen LogP contribution is 2.27. The molecule has 0 atom stereocenters. The van der Waals surface area contributed by atoms with Crippen molar-refractivity contribution in [3.63, 3.8) is 0 Å². The van der Waals surface area contributed by atoms with E-state index in [-0.39, 0.29) is 12.6 Å². The molecule has 8 nitrogen and oxygen atoms in total. The van der Waals surface area contributed by atoms with Gasteiger partial charge >= 0.3 is 0 Å². The van der Waals surface area contributed by atoms with Crippen molar-refractivity contribution < 1.29 is 4.39 Å². The minimum Gasteiger partial charge on any atom is -0.350 e. The second-order valence-corrected chi connectivity index (χ2v) is 7.25. The molecule has 0 amide bonds. The van der Waals surface area contributed by atoms with Crippen LogP contribution < -0.4 is 11.1 Å². The number of nitrogens with two attached hydrogens (primary N) is 1. The zero-order chi connectivity index (χ0) is 19.3. The van der Waals surface area contributed by atoms with E-state index in [1.54, 1.807) is 15.3 Å². The smallest absolute Gasteiger partial charge is 0.241 e. The predicted molar refractivity (Wildman–Crippen MR) is 105 cm³/mol. The fourth-order valence-electron chi connectivity index (χ4n) is 3.76. The van der Waals surface area contributed by atoms with E-state index < -0.39 is 6.67 Å². The third kappa shape index (κ3) is 2.78. The molecule has 4 aromatic rings. The van der Waals surface area contributed by atoms with Crippen LogP contribution in [0, 0.1) is 6.92 Å². The van der Waals surface area contributed by atoms with Crippen LogP contribution in [-0.2, 0) is 6.54 Å². The SMILES string of the molecule is Cc1nc2ccc(-c3ccn4nc(NC5CC(N)C5)ncc34)nc2n1CCF. The first-order valence-electron chi connectivity index (χ1n) is 9.39. The number of pyridine rings is 1. The number of nitrogens with zero attached hydrogens (tertiary/aromatic N) is 6. The lowest BCUT2D eigenvalue weighted by Gasteiger charge is -2.32. The van der Waals surface area contributed by atoms with E-state index in [0.29, 0.717) is 17.6 Å². The van der Waals surface area contributed by atoms with Crippen LogP contribution in [0.4, 0.5) is 10.3 Å². The van der Waals surface area contributed by atoms with Crippen LogP contribution >= 0.6 is 0 Å². The van der Waals surface area contributed by atoms with Gasteiger partial charge in [0.05, 0.1) is 24.0 Å². The summed E-state index contributed by atoms with van der Waals surface area (Å²) in [6.07, 6.45) is 5.56. The summed E-state index contributed by atoms with van der Waals surface area (Å²) in [5.74, 6) is 1.35. The van der Waals surface area contributed by atoms with Gasteiger partial charge in [-0.05, 0) is 38.0 Å². The number of aromatic nitrogens is 6. The minimum atomic E-state index is -0.455. The molecule has 4 aromatic heterocycles. The first kappa shape index (κ1) is 17.1. The van der Waals surface area contributed by atoms with Crippen LogP contribution in [0.15, 0.2) is 30.6 Å². The molecule has 0 bridgehead atoms. The number of rotatable bonds is 5. The number of fused-ring (bicyclic) bond motifs is 2. The molecule has 4 heterocycles. The highest BCUT2D eigenvalue weighted by molar-refractivity contribution is 5.82. The number of halogens is 1. The summed E-state index contributed by atoms with van der Waals surface area (Å²) in [5.41, 5.74) is 9.84. The maximum atomic E-state index is 12.9. The Bertz CT molecular complexity index is 1160. The Kier molecular flexibility index (Phi) is 3.97. The van der Waals surface area contributed by atoms with Gasteiger partial charge in [-0.2, -0.15) is 0 Å². The van der Waals surface area contributed by atoms with Crippen molar-refractivity contribution in [2.24, 2.45) is 5.73 Å². The van der Waals surface area contributed by atoms with E-state index in [2.05, 4.69) is 20.4 Å². The van der Waals surface area contributed by atoms with Crippen LogP contribution in [0.2, 0.25) is 0 Å². The third-order valence-electron chi connectivity index (χ3n) is 5.29. The number of anilines is 1. The van der Waals surface area contributed by atoms with Gasteiger partial charge in [-0.3, -0.25) is 0 Å². The summed E-state index contributed by atoms with van der Waals surface area (Å²) in [6, 6.07) is 6.41. The fourth-order valence-corrected chi connectivity index (χ4v) is 3.76. The first-order valence-corrected chi connectivity index (χ1v) is 9.39. The molecule has 28 heavy (non-hydrogen) atoms. The predicted octanol–water partition coefficient (Wildman–Crippen LogP) is 2.32. The van der Waals surface area contributed by atoms with Crippen LogP contribution in [0.1, 0.15) is 18.7 Å². The summed E-state index contributed by atoms with van der Waals surface area (Å²) in [6.45, 7) is 1.66. The molecule has 1 aliphatic rings. The summed E-state index contributed by atoms with van der Waals surface area (Å²) < 4.78 is 16.5. The average molecular weight is 380 g/mol. The Morgan fingerprint density at radius 1 is 1.25 bits per heavy atom. The van der Waals surface area contributed by atoms with E-state index in [1.807, 2.05) is 31.3 Å². The molecule has 0 spiro atoms. The Hall–Kier alpha value is -3.07. The fraction of sp³-hybridized carbons (Fsp3) is 0.368. The van der Waals surface area contributed by atoms with Crippen molar-refractivity contribution in [3.05, 3.63) is 36.4 Å². The molecule has 0 radical (unpaired) electrons. The van der Waals surface area contributed by atoms with Crippen LogP contribution in [0.3, 0.4) is 0 Å². The normalized spacial score (nSPS) is 19.2. The van der Waals surface area contributed by atoms with Gasteiger partial charge in [0.1, 0.15) is 18.0 Å². The molecule has 3 N–H and O–H groups in total. The van der Waals surface area contributed by atoms with Crippen LogP contribution in [0.25, 0.3) is 27.9 Å². The lowest BCUT2D eigenvalue weighted by atomic mass is 9.88. The van der Waals surface area contributed by atoms with Crippen LogP contribution in [0.5, 0.6) is 0 Å². The van der Waals surface area contributed by atoms with Gasteiger partial charge in [-0.15, -0.1) is 5.10 Å². The highest BCUT2D eigenvalue weighted by atomic mass is 19.1. The maximum absolute atomic E-state index is 12.9. The Labute approximate surface area is 160 Å². The summed E-state index contributed by atoms with van der Waals surface area (Å²) in [7, 11) is 0. The zero-order valence-corrected chi connectivity index (χ0v) is 15.5. The van der Waals surface area contributed by atoms with Crippen molar-refractivity contribution in [3.8, 4) is 11.3 Å². The molecule has 1 saturated carbocycles. The second-order valence-electron chi connectivity index (χ2n) is 7.25. The number of imidazole rings is 1. The van der Waals surface area contributed by atoms with Gasteiger partial charge in [0.2, 0.25) is 5.95 Å². The first-order chi connectivity index (χ1) is 13.6. The molecular weight excluding hydrogens is 359 g/mol. The lowest BCUT2D eigenvalue weighted by molar-refractivity contribution is 0.371. The van der Waals surface area contributed by atoms with Gasteiger partial charge in [-0.25, -0.2) is 23.9 Å². The van der Waals surface area contributed by atoms with Crippen molar-refractivity contribution in [1.29, 1.82) is 0 Å². The van der Waals surface area contributed by atoms with E-state index >= 15 is 0 Å². The zero-order valence-electron chi connectivity index (χ0n) is 15.5. The van der Waals surface area contributed by atoms with E-state index in [1.165, 1.54) is 0 Å². The van der Waals surface area contributed by atoms with Gasteiger partial charge in [0.15, 0.2) is 5.65 Å². The van der Waals surface area contributed by atoms with Gasteiger partial charge < -0.3 is 15.6 Å². The van der Waals surface area contributed by atoms with Gasteiger partial charge in [0.25, 0.3) is 0 Å². The number of nitrogens with one attached hydrogen (secondary N) is 1. The van der Waals surface area contributed by atoms with E-state index in [0.717, 1.165) is 41.0 Å². The van der Waals surface area contributed by atoms with E-state index in [4.69, 9.17) is 10.7 Å². The standard InChI is InChI=1S/C19H21FN8/c1-11-23-16-3-2-15(25-18(16)27(11)7-5-20)14-4-6-28-17(14)10-22-19(26-28)24-13-8-12(21)9-13/h2-4,6,10,12-13H,5,7-9,21H2,1H3,(H,24,26). The van der Waals surface area contributed by atoms with Crippen LogP contribution in [-0.4, -0.2) is 47.9 Å². The quantitative estimate of drug-likeness (QED) is 0.551. The van der Waals surface area contributed by atoms with Crippen molar-refractivity contribution in [2.75, 3.05) is 12.0 Å².